The Balaban J connectivity index is 1.58. The third-order valence-electron chi connectivity index (χ3n) is 5.44. The first-order valence-electron chi connectivity index (χ1n) is 9.63. The molecule has 5 heteroatoms. The first-order valence-corrected chi connectivity index (χ1v) is 10.4. The number of hydrogen-bond acceptors (Lipinski definition) is 3. The molecule has 1 aromatic carbocycles. The number of rotatable bonds is 4. The molecule has 3 nitrogen and oxygen atoms in total. The van der Waals surface area contributed by atoms with Crippen molar-refractivity contribution in [2.75, 3.05) is 18.4 Å². The number of amides is 1. The highest BCUT2D eigenvalue weighted by atomic mass is 32.1. The largest absolute Gasteiger partial charge is 0.313 e. The van der Waals surface area contributed by atoms with Crippen molar-refractivity contribution in [3.8, 4) is 0 Å². The van der Waals surface area contributed by atoms with E-state index in [-0.39, 0.29) is 11.7 Å². The lowest BCUT2D eigenvalue weighted by molar-refractivity contribution is 0.102. The molecule has 2 aromatic rings. The molecule has 4 rings (SSSR count). The topological polar surface area (TPSA) is 32.3 Å². The average molecular weight is 373 g/mol. The molecule has 1 aromatic heterocycles. The molecule has 1 saturated heterocycles. The molecule has 138 valence electrons. The summed E-state index contributed by atoms with van der Waals surface area (Å²) in [5, 5.41) is 4.12. The number of aryl methyl sites for hydroxylation is 1. The lowest BCUT2D eigenvalue weighted by atomic mass is 9.95. The van der Waals surface area contributed by atoms with E-state index in [2.05, 4.69) is 10.2 Å². The number of benzene rings is 1. The summed E-state index contributed by atoms with van der Waals surface area (Å²) in [6.07, 6.45) is 8.59. The van der Waals surface area contributed by atoms with E-state index < -0.39 is 0 Å². The number of anilines is 1. The molecule has 1 aliphatic heterocycles. The maximum absolute atomic E-state index is 13.1. The first-order chi connectivity index (χ1) is 12.7. The van der Waals surface area contributed by atoms with Crippen molar-refractivity contribution in [1.29, 1.82) is 0 Å². The van der Waals surface area contributed by atoms with E-state index in [9.17, 15) is 9.18 Å². The molecule has 1 fully saturated rings. The molecule has 0 bridgehead atoms. The van der Waals surface area contributed by atoms with Crippen LogP contribution in [0.25, 0.3) is 0 Å². The maximum Gasteiger partial charge on any atom is 0.256 e. The Bertz CT molecular complexity index is 778. The van der Waals surface area contributed by atoms with Crippen LogP contribution in [0.1, 0.15) is 58.5 Å². The Morgan fingerprint density at radius 2 is 1.77 bits per heavy atom. The van der Waals surface area contributed by atoms with Gasteiger partial charge < -0.3 is 5.32 Å². The zero-order valence-electron chi connectivity index (χ0n) is 15.0. The van der Waals surface area contributed by atoms with Crippen LogP contribution in [0.4, 0.5) is 9.39 Å². The minimum atomic E-state index is -0.320. The third-order valence-corrected chi connectivity index (χ3v) is 6.69. The van der Waals surface area contributed by atoms with Crippen LogP contribution in [0.3, 0.4) is 0 Å². The zero-order chi connectivity index (χ0) is 17.9. The SMILES string of the molecule is O=C(Nc1sc2c(c1CN1CCCCC1)CCCC2)c1ccc(F)cc1. The van der Waals surface area contributed by atoms with Gasteiger partial charge in [-0.05, 0) is 81.4 Å². The minimum Gasteiger partial charge on any atom is -0.313 e. The molecule has 1 aliphatic carbocycles. The standard InChI is InChI=1S/C21H25FN2OS/c22-16-10-8-15(9-11-16)20(25)23-21-18(14-24-12-4-1-5-13-24)17-6-2-3-7-19(17)26-21/h8-11H,1-7,12-14H2,(H,23,25). The van der Waals surface area contributed by atoms with E-state index in [4.69, 9.17) is 0 Å². The predicted molar refractivity (Wildman–Crippen MR) is 104 cm³/mol. The molecule has 26 heavy (non-hydrogen) atoms. The first kappa shape index (κ1) is 17.7. The van der Waals surface area contributed by atoms with E-state index in [1.54, 1.807) is 23.5 Å². The number of nitrogens with zero attached hydrogens (tertiary/aromatic N) is 1. The quantitative estimate of drug-likeness (QED) is 0.819. The molecule has 1 N–H and O–H groups in total. The fourth-order valence-electron chi connectivity index (χ4n) is 4.02. The zero-order valence-corrected chi connectivity index (χ0v) is 15.8. The van der Waals surface area contributed by atoms with Gasteiger partial charge in [-0.3, -0.25) is 9.69 Å². The molecule has 2 aliphatic rings. The maximum atomic E-state index is 13.1. The second-order valence-electron chi connectivity index (χ2n) is 7.32. The number of fused-ring (bicyclic) bond motifs is 1. The highest BCUT2D eigenvalue weighted by Crippen LogP contribution is 2.39. The number of piperidine rings is 1. The van der Waals surface area contributed by atoms with Gasteiger partial charge in [0.1, 0.15) is 10.8 Å². The summed E-state index contributed by atoms with van der Waals surface area (Å²) >= 11 is 1.74. The van der Waals surface area contributed by atoms with E-state index in [1.807, 2.05) is 0 Å². The van der Waals surface area contributed by atoms with E-state index in [1.165, 1.54) is 60.2 Å². The average Bonchev–Trinajstić information content (AvgIpc) is 3.00. The van der Waals surface area contributed by atoms with Gasteiger partial charge in [-0.2, -0.15) is 0 Å². The summed E-state index contributed by atoms with van der Waals surface area (Å²) in [7, 11) is 0. The van der Waals surface area contributed by atoms with Crippen molar-refractivity contribution in [3.05, 3.63) is 51.7 Å². The van der Waals surface area contributed by atoms with Crippen LogP contribution in [0.5, 0.6) is 0 Å². The summed E-state index contributed by atoms with van der Waals surface area (Å²) in [6, 6.07) is 5.76. The number of likely N-dealkylation sites (tertiary alicyclic amines) is 1. The Morgan fingerprint density at radius 1 is 1.04 bits per heavy atom. The second kappa shape index (κ2) is 7.89. The number of carbonyl (C=O) groups excluding carboxylic acids is 1. The molecule has 0 spiro atoms. The van der Waals surface area contributed by atoms with Crippen LogP contribution >= 0.6 is 11.3 Å². The molecular formula is C21H25FN2OS. The van der Waals surface area contributed by atoms with Gasteiger partial charge in [0.2, 0.25) is 0 Å². The van der Waals surface area contributed by atoms with Crippen molar-refractivity contribution in [1.82, 2.24) is 4.90 Å². The molecule has 0 unspecified atom stereocenters. The molecule has 0 saturated carbocycles. The summed E-state index contributed by atoms with van der Waals surface area (Å²) in [4.78, 5) is 16.6. The minimum absolute atomic E-state index is 0.150. The van der Waals surface area contributed by atoms with Crippen LogP contribution in [-0.2, 0) is 19.4 Å². The van der Waals surface area contributed by atoms with E-state index in [0.717, 1.165) is 37.5 Å². The van der Waals surface area contributed by atoms with E-state index >= 15 is 0 Å². The van der Waals surface area contributed by atoms with Crippen molar-refractivity contribution in [2.24, 2.45) is 0 Å². The summed E-state index contributed by atoms with van der Waals surface area (Å²) in [6.45, 7) is 3.23. The lowest BCUT2D eigenvalue weighted by Gasteiger charge is -2.27. The lowest BCUT2D eigenvalue weighted by Crippen LogP contribution is -2.29. The highest BCUT2D eigenvalue weighted by molar-refractivity contribution is 7.16. The Labute approximate surface area is 158 Å². The van der Waals surface area contributed by atoms with Gasteiger partial charge in [-0.25, -0.2) is 4.39 Å². The van der Waals surface area contributed by atoms with Crippen LogP contribution in [0.2, 0.25) is 0 Å². The summed E-state index contributed by atoms with van der Waals surface area (Å²) in [5.41, 5.74) is 3.30. The Morgan fingerprint density at radius 3 is 2.54 bits per heavy atom. The Kier molecular flexibility index (Phi) is 5.36. The summed E-state index contributed by atoms with van der Waals surface area (Å²) in [5.74, 6) is -0.470. The normalized spacial score (nSPS) is 17.7. The van der Waals surface area contributed by atoms with Gasteiger partial charge in [0.25, 0.3) is 5.91 Å². The molecule has 0 atom stereocenters. The predicted octanol–water partition coefficient (Wildman–Crippen LogP) is 5.00. The van der Waals surface area contributed by atoms with Crippen LogP contribution in [-0.4, -0.2) is 23.9 Å². The fourth-order valence-corrected chi connectivity index (χ4v) is 5.31. The number of thiophene rings is 1. The van der Waals surface area contributed by atoms with Crippen molar-refractivity contribution >= 4 is 22.2 Å². The summed E-state index contributed by atoms with van der Waals surface area (Å²) < 4.78 is 13.1. The van der Waals surface area contributed by atoms with Crippen LogP contribution < -0.4 is 5.32 Å². The van der Waals surface area contributed by atoms with Gasteiger partial charge in [-0.15, -0.1) is 11.3 Å². The van der Waals surface area contributed by atoms with Gasteiger partial charge in [0.05, 0.1) is 0 Å². The second-order valence-corrected chi connectivity index (χ2v) is 8.42. The fraction of sp³-hybridized carbons (Fsp3) is 0.476. The number of hydrogen-bond donors (Lipinski definition) is 1. The van der Waals surface area contributed by atoms with Gasteiger partial charge in [-0.1, -0.05) is 6.42 Å². The molecule has 1 amide bonds. The van der Waals surface area contributed by atoms with Gasteiger partial charge in [0.15, 0.2) is 0 Å². The van der Waals surface area contributed by atoms with Crippen molar-refractivity contribution in [3.63, 3.8) is 0 Å². The van der Waals surface area contributed by atoms with E-state index in [0.29, 0.717) is 5.56 Å². The van der Waals surface area contributed by atoms with Crippen LogP contribution in [0.15, 0.2) is 24.3 Å². The van der Waals surface area contributed by atoms with Crippen LogP contribution in [0, 0.1) is 5.82 Å². The molecule has 2 heterocycles. The molecule has 0 radical (unpaired) electrons. The van der Waals surface area contributed by atoms with Gasteiger partial charge in [0, 0.05) is 22.5 Å². The number of carbonyl (C=O) groups is 1. The van der Waals surface area contributed by atoms with Crippen molar-refractivity contribution < 1.29 is 9.18 Å². The highest BCUT2D eigenvalue weighted by Gasteiger charge is 2.24. The van der Waals surface area contributed by atoms with Crippen molar-refractivity contribution in [2.45, 2.75) is 51.5 Å². The number of nitrogens with one attached hydrogen (secondary N) is 1. The Hall–Kier alpha value is -1.72. The monoisotopic (exact) mass is 372 g/mol. The smallest absolute Gasteiger partial charge is 0.256 e. The van der Waals surface area contributed by atoms with Gasteiger partial charge >= 0.3 is 0 Å². The number of halogens is 1. The molecular weight excluding hydrogens is 347 g/mol. The third kappa shape index (κ3) is 3.84.